The van der Waals surface area contributed by atoms with Crippen LogP contribution in [0.1, 0.15) is 4.88 Å². The van der Waals surface area contributed by atoms with Crippen molar-refractivity contribution >= 4 is 45.1 Å². The number of halogens is 1. The lowest BCUT2D eigenvalue weighted by Crippen LogP contribution is -1.99. The summed E-state index contributed by atoms with van der Waals surface area (Å²) in [6.45, 7) is 0. The van der Waals surface area contributed by atoms with Gasteiger partial charge < -0.3 is 10.4 Å². The topological polar surface area (TPSA) is 62.2 Å². The number of hydrogen-bond donors (Lipinski definition) is 2. The normalized spacial score (nSPS) is 9.91. The Hall–Kier alpha value is -2.18. The van der Waals surface area contributed by atoms with Gasteiger partial charge in [-0.2, -0.15) is 0 Å². The molecule has 0 aliphatic heterocycles. The van der Waals surface area contributed by atoms with Crippen molar-refractivity contribution < 1.29 is 9.90 Å². The molecule has 3 aromatic rings. The molecule has 6 heteroatoms. The molecule has 0 bridgehead atoms. The van der Waals surface area contributed by atoms with Crippen LogP contribution >= 0.6 is 28.3 Å². The zero-order valence-electron chi connectivity index (χ0n) is 12.1. The quantitative estimate of drug-likeness (QED) is 0.659. The van der Waals surface area contributed by atoms with Crippen LogP contribution in [0.3, 0.4) is 0 Å². The van der Waals surface area contributed by atoms with Gasteiger partial charge in [-0.25, -0.2) is 4.98 Å². The lowest BCUT2D eigenvalue weighted by molar-refractivity contribution is -0.136. The minimum atomic E-state index is -0.855. The second-order valence-electron chi connectivity index (χ2n) is 4.72. The average Bonchev–Trinajstić information content (AvgIpc) is 2.91. The number of nitrogens with one attached hydrogen (secondary N) is 1. The second-order valence-corrected chi connectivity index (χ2v) is 5.80. The fraction of sp³-hybridized carbons (Fsp3) is 0.0588. The molecule has 2 aromatic carbocycles. The predicted molar refractivity (Wildman–Crippen MR) is 98.9 cm³/mol. The van der Waals surface area contributed by atoms with Gasteiger partial charge in [-0.15, -0.1) is 28.3 Å². The maximum atomic E-state index is 11.1. The summed E-state index contributed by atoms with van der Waals surface area (Å²) in [5.41, 5.74) is 2.58. The zero-order valence-corrected chi connectivity index (χ0v) is 14.6. The van der Waals surface area contributed by atoms with Crippen LogP contribution < -0.4 is 5.32 Å². The van der Waals surface area contributed by atoms with Gasteiger partial charge in [-0.3, -0.25) is 4.79 Å². The standard InChI is InChI=1S/C17H14N2O2S.BrH/c20-15(21)11-14-16(12-7-3-1-4-8-12)19-17(22-14)18-13-9-5-2-6-10-13;/h1-10H,11H2,(H,18,19)(H,20,21);1H. The van der Waals surface area contributed by atoms with Gasteiger partial charge in [0.1, 0.15) is 0 Å². The Kier molecular flexibility index (Phi) is 5.90. The first-order valence-electron chi connectivity index (χ1n) is 6.81. The fourth-order valence-electron chi connectivity index (χ4n) is 2.13. The maximum absolute atomic E-state index is 11.1. The van der Waals surface area contributed by atoms with Crippen molar-refractivity contribution in [3.05, 3.63) is 65.5 Å². The first-order chi connectivity index (χ1) is 10.7. The summed E-state index contributed by atoms with van der Waals surface area (Å²) in [7, 11) is 0. The summed E-state index contributed by atoms with van der Waals surface area (Å²) in [5, 5.41) is 13.0. The Morgan fingerprint density at radius 2 is 1.65 bits per heavy atom. The summed E-state index contributed by atoms with van der Waals surface area (Å²) < 4.78 is 0. The predicted octanol–water partition coefficient (Wildman–Crippen LogP) is 4.76. The van der Waals surface area contributed by atoms with E-state index in [0.29, 0.717) is 5.13 Å². The zero-order chi connectivity index (χ0) is 15.4. The van der Waals surface area contributed by atoms with Crippen LogP contribution in [0.15, 0.2) is 60.7 Å². The minimum absolute atomic E-state index is 0. The highest BCUT2D eigenvalue weighted by Crippen LogP contribution is 2.33. The number of para-hydroxylation sites is 1. The van der Waals surface area contributed by atoms with E-state index >= 15 is 0 Å². The van der Waals surface area contributed by atoms with Crippen LogP contribution in [-0.4, -0.2) is 16.1 Å². The lowest BCUT2D eigenvalue weighted by atomic mass is 10.1. The molecule has 0 atom stereocenters. The largest absolute Gasteiger partial charge is 0.481 e. The Bertz CT molecular complexity index is 776. The Morgan fingerprint density at radius 3 is 2.26 bits per heavy atom. The van der Waals surface area contributed by atoms with Crippen molar-refractivity contribution in [1.82, 2.24) is 4.98 Å². The van der Waals surface area contributed by atoms with E-state index < -0.39 is 5.97 Å². The maximum Gasteiger partial charge on any atom is 0.308 e. The van der Waals surface area contributed by atoms with E-state index in [9.17, 15) is 4.79 Å². The van der Waals surface area contributed by atoms with E-state index in [0.717, 1.165) is 21.8 Å². The van der Waals surface area contributed by atoms with Crippen LogP contribution in [0.2, 0.25) is 0 Å². The average molecular weight is 391 g/mol. The number of hydrogen-bond acceptors (Lipinski definition) is 4. The molecule has 4 nitrogen and oxygen atoms in total. The summed E-state index contributed by atoms with van der Waals surface area (Å²) >= 11 is 1.37. The minimum Gasteiger partial charge on any atom is -0.481 e. The molecule has 1 aromatic heterocycles. The third-order valence-corrected chi connectivity index (χ3v) is 4.05. The van der Waals surface area contributed by atoms with Gasteiger partial charge in [-0.1, -0.05) is 48.5 Å². The highest BCUT2D eigenvalue weighted by Gasteiger charge is 2.15. The first kappa shape index (κ1) is 17.2. The van der Waals surface area contributed by atoms with E-state index in [1.54, 1.807) is 0 Å². The molecule has 3 rings (SSSR count). The van der Waals surface area contributed by atoms with Crippen LogP contribution in [0.25, 0.3) is 11.3 Å². The van der Waals surface area contributed by atoms with Crippen molar-refractivity contribution in [2.45, 2.75) is 6.42 Å². The molecule has 0 fully saturated rings. The third kappa shape index (κ3) is 4.40. The molecule has 0 spiro atoms. The summed E-state index contributed by atoms with van der Waals surface area (Å²) in [5.74, 6) is -0.855. The fourth-order valence-corrected chi connectivity index (χ4v) is 3.12. The van der Waals surface area contributed by atoms with Crippen LogP contribution in [0, 0.1) is 0 Å². The summed E-state index contributed by atoms with van der Waals surface area (Å²) in [4.78, 5) is 16.4. The number of carboxylic acids is 1. The van der Waals surface area contributed by atoms with Crippen LogP contribution in [-0.2, 0) is 11.2 Å². The summed E-state index contributed by atoms with van der Waals surface area (Å²) in [6.07, 6.45) is -0.0294. The van der Waals surface area contributed by atoms with E-state index in [-0.39, 0.29) is 23.4 Å². The number of nitrogens with zero attached hydrogens (tertiary/aromatic N) is 1. The molecule has 1 heterocycles. The van der Waals surface area contributed by atoms with Crippen molar-refractivity contribution in [2.75, 3.05) is 5.32 Å². The highest BCUT2D eigenvalue weighted by molar-refractivity contribution is 8.93. The number of benzene rings is 2. The number of carboxylic acid groups (broad SMARTS) is 1. The molecule has 0 saturated heterocycles. The molecular weight excluding hydrogens is 376 g/mol. The van der Waals surface area contributed by atoms with E-state index in [4.69, 9.17) is 5.11 Å². The number of anilines is 2. The Morgan fingerprint density at radius 1 is 1.04 bits per heavy atom. The number of rotatable bonds is 5. The van der Waals surface area contributed by atoms with Crippen molar-refractivity contribution in [2.24, 2.45) is 0 Å². The van der Waals surface area contributed by atoms with Gasteiger partial charge in [0, 0.05) is 16.1 Å². The van der Waals surface area contributed by atoms with Gasteiger partial charge in [0.2, 0.25) is 0 Å². The van der Waals surface area contributed by atoms with Gasteiger partial charge >= 0.3 is 5.97 Å². The molecule has 2 N–H and O–H groups in total. The molecule has 118 valence electrons. The molecule has 0 saturated carbocycles. The molecule has 0 aliphatic rings. The van der Waals surface area contributed by atoms with Gasteiger partial charge in [0.25, 0.3) is 0 Å². The van der Waals surface area contributed by atoms with Crippen molar-refractivity contribution in [3.8, 4) is 11.3 Å². The molecular formula is C17H15BrN2O2S. The number of carbonyl (C=O) groups is 1. The smallest absolute Gasteiger partial charge is 0.308 e. The molecule has 0 amide bonds. The van der Waals surface area contributed by atoms with Crippen molar-refractivity contribution in [1.29, 1.82) is 0 Å². The van der Waals surface area contributed by atoms with Gasteiger partial charge in [0.05, 0.1) is 12.1 Å². The Labute approximate surface area is 148 Å². The van der Waals surface area contributed by atoms with Gasteiger partial charge in [0.15, 0.2) is 5.13 Å². The second kappa shape index (κ2) is 7.89. The van der Waals surface area contributed by atoms with E-state index in [2.05, 4.69) is 10.3 Å². The lowest BCUT2D eigenvalue weighted by Gasteiger charge is -2.00. The highest BCUT2D eigenvalue weighted by atomic mass is 79.9. The number of aromatic nitrogens is 1. The van der Waals surface area contributed by atoms with E-state index in [1.807, 2.05) is 60.7 Å². The van der Waals surface area contributed by atoms with Crippen LogP contribution in [0.5, 0.6) is 0 Å². The van der Waals surface area contributed by atoms with Crippen LogP contribution in [0.4, 0.5) is 10.8 Å². The molecule has 23 heavy (non-hydrogen) atoms. The number of thiazole rings is 1. The van der Waals surface area contributed by atoms with E-state index in [1.165, 1.54) is 11.3 Å². The van der Waals surface area contributed by atoms with Gasteiger partial charge in [-0.05, 0) is 12.1 Å². The molecule has 0 radical (unpaired) electrons. The SMILES string of the molecule is Br.O=C(O)Cc1sc(Nc2ccccc2)nc1-c1ccccc1. The Balaban J connectivity index is 0.00000192. The third-order valence-electron chi connectivity index (χ3n) is 3.08. The van der Waals surface area contributed by atoms with Crippen molar-refractivity contribution in [3.63, 3.8) is 0 Å². The monoisotopic (exact) mass is 390 g/mol. The molecule has 0 unspecified atom stereocenters. The number of aliphatic carboxylic acids is 1. The molecule has 0 aliphatic carbocycles. The first-order valence-corrected chi connectivity index (χ1v) is 7.63. The summed E-state index contributed by atoms with van der Waals surface area (Å²) in [6, 6.07) is 19.3.